The number of amides is 1. The van der Waals surface area contributed by atoms with Crippen LogP contribution in [0.1, 0.15) is 57.8 Å². The van der Waals surface area contributed by atoms with E-state index in [9.17, 15) is 4.79 Å². The maximum atomic E-state index is 14.5. The van der Waals surface area contributed by atoms with E-state index in [1.165, 1.54) is 0 Å². The summed E-state index contributed by atoms with van der Waals surface area (Å²) >= 11 is 14.6. The molecular formula is C34H40Cl2N4O3S. The van der Waals surface area contributed by atoms with Crippen LogP contribution in [0.25, 0.3) is 5.57 Å². The molecule has 2 aromatic carbocycles. The smallest absolute Gasteiger partial charge is 0.252 e. The molecule has 7 nitrogen and oxygen atoms in total. The van der Waals surface area contributed by atoms with Gasteiger partial charge in [-0.3, -0.25) is 4.79 Å². The van der Waals surface area contributed by atoms with Gasteiger partial charge in [-0.15, -0.1) is 11.3 Å². The number of fused-ring (bicyclic) bond motifs is 2. The lowest BCUT2D eigenvalue weighted by Gasteiger charge is -2.40. The van der Waals surface area contributed by atoms with Gasteiger partial charge in [0.05, 0.1) is 39.7 Å². The fourth-order valence-corrected chi connectivity index (χ4v) is 7.94. The highest BCUT2D eigenvalue weighted by Gasteiger charge is 2.41. The van der Waals surface area contributed by atoms with Crippen LogP contribution in [0.5, 0.6) is 11.5 Å². The van der Waals surface area contributed by atoms with Gasteiger partial charge in [0, 0.05) is 49.9 Å². The third kappa shape index (κ3) is 6.51. The molecule has 1 amide bonds. The van der Waals surface area contributed by atoms with E-state index in [2.05, 4.69) is 28.5 Å². The van der Waals surface area contributed by atoms with Gasteiger partial charge in [-0.05, 0) is 86.4 Å². The highest BCUT2D eigenvalue weighted by atomic mass is 35.5. The van der Waals surface area contributed by atoms with Gasteiger partial charge in [0.25, 0.3) is 5.91 Å². The molecule has 2 fully saturated rings. The Morgan fingerprint density at radius 1 is 1.16 bits per heavy atom. The van der Waals surface area contributed by atoms with Gasteiger partial charge in [-0.1, -0.05) is 35.3 Å². The normalized spacial score (nSPS) is 19.7. The molecule has 0 spiro atoms. The lowest BCUT2D eigenvalue weighted by Crippen LogP contribution is -2.59. The minimum Gasteiger partial charge on any atom is -0.496 e. The zero-order valence-electron chi connectivity index (χ0n) is 25.8. The van der Waals surface area contributed by atoms with E-state index in [1.807, 2.05) is 38.2 Å². The summed E-state index contributed by atoms with van der Waals surface area (Å²) in [5, 5.41) is 9.41. The average Bonchev–Trinajstić information content (AvgIpc) is 3.75. The summed E-state index contributed by atoms with van der Waals surface area (Å²) in [5.74, 6) is 1.53. The lowest BCUT2D eigenvalue weighted by atomic mass is 9.86. The van der Waals surface area contributed by atoms with Crippen molar-refractivity contribution in [1.82, 2.24) is 20.5 Å². The van der Waals surface area contributed by atoms with Gasteiger partial charge < -0.3 is 25.0 Å². The van der Waals surface area contributed by atoms with Gasteiger partial charge in [-0.25, -0.2) is 4.98 Å². The number of aromatic nitrogens is 1. The molecule has 1 saturated heterocycles. The molecule has 3 heterocycles. The van der Waals surface area contributed by atoms with Gasteiger partial charge >= 0.3 is 0 Å². The number of hydrogen-bond donors (Lipinski definition) is 2. The summed E-state index contributed by atoms with van der Waals surface area (Å²) in [4.78, 5) is 22.5. The number of hydrogen-bond acceptors (Lipinski definition) is 7. The molecule has 44 heavy (non-hydrogen) atoms. The number of aryl methyl sites for hydroxylation is 2. The van der Waals surface area contributed by atoms with E-state index >= 15 is 0 Å². The van der Waals surface area contributed by atoms with Crippen molar-refractivity contribution in [3.63, 3.8) is 0 Å². The molecule has 2 aliphatic heterocycles. The lowest BCUT2D eigenvalue weighted by molar-refractivity contribution is -0.128. The first-order valence-corrected chi connectivity index (χ1v) is 17.0. The average molecular weight is 656 g/mol. The van der Waals surface area contributed by atoms with Crippen molar-refractivity contribution in [2.45, 2.75) is 77.5 Å². The van der Waals surface area contributed by atoms with E-state index in [0.29, 0.717) is 35.0 Å². The van der Waals surface area contributed by atoms with Crippen LogP contribution in [-0.4, -0.2) is 60.7 Å². The Kier molecular flexibility index (Phi) is 9.55. The molecule has 1 aliphatic carbocycles. The van der Waals surface area contributed by atoms with Crippen LogP contribution < -0.4 is 20.1 Å². The maximum Gasteiger partial charge on any atom is 0.252 e. The molecule has 2 atom stereocenters. The Labute approximate surface area is 273 Å². The van der Waals surface area contributed by atoms with Gasteiger partial charge in [0.2, 0.25) is 0 Å². The standard InChI is InChI=1S/C34H40Cl2N4O3S/c1-19-13-26(35)33(32(36)20(19)2)43-12-6-9-30-38-17-29(44-30)25-14-23-15-37-16-27(39-23)31(25)34(41)40(24-10-11-24)18-22-7-5-8-28(42-4)21(22)3/h5,7-8,13,17,23-24,27,37,39H,6,9-12,14-16,18H2,1-4H3/t23-,27-/m1/s1. The molecule has 1 saturated carbocycles. The number of nitrogens with zero attached hydrogens (tertiary/aromatic N) is 2. The van der Waals surface area contributed by atoms with Crippen molar-refractivity contribution in [3.05, 3.63) is 78.2 Å². The van der Waals surface area contributed by atoms with Crippen LogP contribution >= 0.6 is 34.5 Å². The number of carbonyl (C=O) groups excluding carboxylic acids is 1. The first kappa shape index (κ1) is 31.4. The van der Waals surface area contributed by atoms with Crippen molar-refractivity contribution < 1.29 is 14.3 Å². The molecule has 2 N–H and O–H groups in total. The number of thiazole rings is 1. The molecule has 0 unspecified atom stereocenters. The molecule has 2 bridgehead atoms. The summed E-state index contributed by atoms with van der Waals surface area (Å²) in [6.45, 7) is 8.73. The number of nitrogens with one attached hydrogen (secondary N) is 2. The largest absolute Gasteiger partial charge is 0.496 e. The Morgan fingerprint density at radius 2 is 1.98 bits per heavy atom. The molecule has 234 valence electrons. The van der Waals surface area contributed by atoms with E-state index in [-0.39, 0.29) is 18.0 Å². The van der Waals surface area contributed by atoms with Crippen LogP contribution in [0.4, 0.5) is 0 Å². The van der Waals surface area contributed by atoms with Gasteiger partial charge in [-0.2, -0.15) is 0 Å². The highest BCUT2D eigenvalue weighted by Crippen LogP contribution is 2.39. The molecule has 1 aromatic heterocycles. The van der Waals surface area contributed by atoms with E-state index in [0.717, 1.165) is 94.2 Å². The minimum atomic E-state index is -0.0240. The highest BCUT2D eigenvalue weighted by molar-refractivity contribution is 7.12. The maximum absolute atomic E-state index is 14.5. The summed E-state index contributed by atoms with van der Waals surface area (Å²) in [7, 11) is 1.69. The van der Waals surface area contributed by atoms with E-state index in [1.54, 1.807) is 18.4 Å². The fraction of sp³-hybridized carbons (Fsp3) is 0.471. The van der Waals surface area contributed by atoms with E-state index < -0.39 is 0 Å². The number of ether oxygens (including phenoxy) is 2. The summed E-state index contributed by atoms with van der Waals surface area (Å²) in [5.41, 5.74) is 6.27. The molecular weight excluding hydrogens is 615 g/mol. The third-order valence-electron chi connectivity index (χ3n) is 9.05. The molecule has 3 aromatic rings. The Morgan fingerprint density at radius 3 is 2.75 bits per heavy atom. The molecule has 3 aliphatic rings. The van der Waals surface area contributed by atoms with Gasteiger partial charge in [0.1, 0.15) is 5.75 Å². The summed E-state index contributed by atoms with van der Waals surface area (Å²) < 4.78 is 11.6. The Hall–Kier alpha value is -2.62. The van der Waals surface area contributed by atoms with Crippen LogP contribution in [0.2, 0.25) is 10.0 Å². The zero-order chi connectivity index (χ0) is 31.0. The topological polar surface area (TPSA) is 75.7 Å². The van der Waals surface area contributed by atoms with Crippen molar-refractivity contribution in [2.24, 2.45) is 0 Å². The molecule has 10 heteroatoms. The number of piperazine rings is 1. The van der Waals surface area contributed by atoms with Gasteiger partial charge in [0.15, 0.2) is 5.75 Å². The van der Waals surface area contributed by atoms with Crippen molar-refractivity contribution >= 4 is 46.0 Å². The number of benzene rings is 2. The third-order valence-corrected chi connectivity index (χ3v) is 10.9. The minimum absolute atomic E-state index is 0.0240. The first-order valence-electron chi connectivity index (χ1n) is 15.4. The van der Waals surface area contributed by atoms with Crippen LogP contribution in [0, 0.1) is 20.8 Å². The SMILES string of the molecule is COc1cccc(CN(C(=O)C2=C(c3cnc(CCCOc4c(Cl)cc(C)c(C)c4Cl)s3)C[C@@H]3CNC[C@H]2N3)C2CC2)c1C. The number of carbonyl (C=O) groups is 1. The molecule has 6 rings (SSSR count). The van der Waals surface area contributed by atoms with Crippen molar-refractivity contribution in [2.75, 3.05) is 26.8 Å². The summed E-state index contributed by atoms with van der Waals surface area (Å²) in [6, 6.07) is 8.52. The quantitative estimate of drug-likeness (QED) is 0.225. The number of rotatable bonds is 11. The van der Waals surface area contributed by atoms with Crippen LogP contribution in [0.15, 0.2) is 36.0 Å². The summed E-state index contributed by atoms with van der Waals surface area (Å²) in [6.07, 6.45) is 6.41. The second-order valence-corrected chi connectivity index (χ2v) is 14.0. The van der Waals surface area contributed by atoms with Crippen molar-refractivity contribution in [3.8, 4) is 11.5 Å². The second-order valence-electron chi connectivity index (χ2n) is 12.1. The number of halogens is 2. The second kappa shape index (κ2) is 13.4. The fourth-order valence-electron chi connectivity index (χ4n) is 6.25. The monoisotopic (exact) mass is 654 g/mol. The Bertz CT molecular complexity index is 1580. The van der Waals surface area contributed by atoms with Crippen LogP contribution in [0.3, 0.4) is 0 Å². The van der Waals surface area contributed by atoms with E-state index in [4.69, 9.17) is 37.7 Å². The van der Waals surface area contributed by atoms with Crippen molar-refractivity contribution in [1.29, 1.82) is 0 Å². The Balaban J connectivity index is 1.21. The predicted octanol–water partition coefficient (Wildman–Crippen LogP) is 6.67. The zero-order valence-corrected chi connectivity index (χ0v) is 28.1. The number of methoxy groups -OCH3 is 1. The first-order chi connectivity index (χ1) is 21.2. The van der Waals surface area contributed by atoms with Crippen LogP contribution in [-0.2, 0) is 17.8 Å². The molecule has 0 radical (unpaired) electrons. The predicted molar refractivity (Wildman–Crippen MR) is 178 cm³/mol.